The molecule has 26 heavy (non-hydrogen) atoms. The van der Waals surface area contributed by atoms with Gasteiger partial charge >= 0.3 is 0 Å². The molecule has 1 saturated carbocycles. The molecule has 1 N–H and O–H groups in total. The van der Waals surface area contributed by atoms with Gasteiger partial charge in [0, 0.05) is 37.3 Å². The van der Waals surface area contributed by atoms with Gasteiger partial charge in [-0.2, -0.15) is 0 Å². The standard InChI is InChI=1S/C22H28N2O2/c1-15-4-6-20(26-3)18(10-15)13-24-12-17-8-9-22(25,19(17)14-24)21-7-5-16(2)11-23-21/h4-7,10-11,17,19,25H,8-9,12-14H2,1-3H3/t17-,19+,22+/m0/s1. The lowest BCUT2D eigenvalue weighted by molar-refractivity contribution is -0.0108. The minimum Gasteiger partial charge on any atom is -0.496 e. The molecule has 2 aromatic rings. The lowest BCUT2D eigenvalue weighted by Crippen LogP contribution is -2.35. The Kier molecular flexibility index (Phi) is 4.49. The summed E-state index contributed by atoms with van der Waals surface area (Å²) in [6, 6.07) is 10.4. The van der Waals surface area contributed by atoms with E-state index in [4.69, 9.17) is 4.74 Å². The van der Waals surface area contributed by atoms with Crippen LogP contribution in [0.1, 0.15) is 35.2 Å². The molecule has 0 unspecified atom stereocenters. The van der Waals surface area contributed by atoms with Crippen LogP contribution in [0.25, 0.3) is 0 Å². The van der Waals surface area contributed by atoms with E-state index < -0.39 is 5.60 Å². The second kappa shape index (κ2) is 6.67. The summed E-state index contributed by atoms with van der Waals surface area (Å²) in [6.45, 7) is 6.97. The normalized spacial score (nSPS) is 28.3. The lowest BCUT2D eigenvalue weighted by Gasteiger charge is -2.30. The third kappa shape index (κ3) is 3.01. The Hall–Kier alpha value is -1.91. The topological polar surface area (TPSA) is 45.6 Å². The summed E-state index contributed by atoms with van der Waals surface area (Å²) >= 11 is 0. The maximum absolute atomic E-state index is 11.4. The van der Waals surface area contributed by atoms with E-state index in [-0.39, 0.29) is 5.92 Å². The van der Waals surface area contributed by atoms with Gasteiger partial charge in [-0.25, -0.2) is 0 Å². The van der Waals surface area contributed by atoms with Gasteiger partial charge in [0.2, 0.25) is 0 Å². The molecule has 0 amide bonds. The Labute approximate surface area is 155 Å². The molecule has 0 bridgehead atoms. The third-order valence-electron chi connectivity index (χ3n) is 6.21. The Bertz CT molecular complexity index is 789. The van der Waals surface area contributed by atoms with Crippen molar-refractivity contribution in [3.63, 3.8) is 0 Å². The highest BCUT2D eigenvalue weighted by Crippen LogP contribution is 2.50. The fourth-order valence-electron chi connectivity index (χ4n) is 4.83. The average molecular weight is 352 g/mol. The lowest BCUT2D eigenvalue weighted by atomic mass is 9.85. The van der Waals surface area contributed by atoms with Crippen molar-refractivity contribution in [1.82, 2.24) is 9.88 Å². The molecule has 2 fully saturated rings. The number of rotatable bonds is 4. The molecule has 1 aliphatic heterocycles. The second-order valence-electron chi connectivity index (χ2n) is 8.06. The average Bonchev–Trinajstić information content (AvgIpc) is 3.16. The van der Waals surface area contributed by atoms with Crippen molar-refractivity contribution in [1.29, 1.82) is 0 Å². The number of pyridine rings is 1. The van der Waals surface area contributed by atoms with Gasteiger partial charge in [0.25, 0.3) is 0 Å². The number of hydrogen-bond donors (Lipinski definition) is 1. The first-order chi connectivity index (χ1) is 12.5. The number of fused-ring (bicyclic) bond motifs is 1. The van der Waals surface area contributed by atoms with Gasteiger partial charge in [-0.15, -0.1) is 0 Å². The van der Waals surface area contributed by atoms with Crippen molar-refractivity contribution < 1.29 is 9.84 Å². The number of hydrogen-bond acceptors (Lipinski definition) is 4. The molecule has 0 spiro atoms. The highest BCUT2D eigenvalue weighted by Gasteiger charge is 2.53. The van der Waals surface area contributed by atoms with Crippen molar-refractivity contribution in [2.24, 2.45) is 11.8 Å². The molecule has 1 saturated heterocycles. The van der Waals surface area contributed by atoms with E-state index in [9.17, 15) is 5.11 Å². The highest BCUT2D eigenvalue weighted by molar-refractivity contribution is 5.37. The minimum atomic E-state index is -0.788. The molecule has 1 aromatic heterocycles. The maximum atomic E-state index is 11.4. The van der Waals surface area contributed by atoms with E-state index in [0.29, 0.717) is 5.92 Å². The first-order valence-corrected chi connectivity index (χ1v) is 9.51. The molecular formula is C22H28N2O2. The molecule has 0 radical (unpaired) electrons. The van der Waals surface area contributed by atoms with Gasteiger partial charge in [0.05, 0.1) is 12.8 Å². The summed E-state index contributed by atoms with van der Waals surface area (Å²) in [6.07, 6.45) is 3.75. The number of aliphatic hydroxyl groups is 1. The molecule has 4 nitrogen and oxygen atoms in total. The first kappa shape index (κ1) is 17.5. The van der Waals surface area contributed by atoms with Crippen LogP contribution in [0.2, 0.25) is 0 Å². The van der Waals surface area contributed by atoms with Crippen molar-refractivity contribution in [3.8, 4) is 5.75 Å². The van der Waals surface area contributed by atoms with Gasteiger partial charge in [-0.1, -0.05) is 23.8 Å². The van der Waals surface area contributed by atoms with Gasteiger partial charge < -0.3 is 9.84 Å². The number of ether oxygens (including phenoxy) is 1. The molecule has 138 valence electrons. The summed E-state index contributed by atoms with van der Waals surface area (Å²) in [7, 11) is 1.73. The second-order valence-corrected chi connectivity index (χ2v) is 8.06. The molecule has 1 aliphatic carbocycles. The third-order valence-corrected chi connectivity index (χ3v) is 6.21. The largest absolute Gasteiger partial charge is 0.496 e. The van der Waals surface area contributed by atoms with Crippen molar-refractivity contribution in [2.75, 3.05) is 20.2 Å². The SMILES string of the molecule is COc1ccc(C)cc1CN1C[C@@H]2CC[C@](O)(c3ccc(C)cn3)[C@@H]2C1. The van der Waals surface area contributed by atoms with Gasteiger partial charge in [-0.05, 0) is 50.3 Å². The number of nitrogens with zero attached hydrogens (tertiary/aromatic N) is 2. The highest BCUT2D eigenvalue weighted by atomic mass is 16.5. The predicted octanol–water partition coefficient (Wildman–Crippen LogP) is 3.44. The summed E-state index contributed by atoms with van der Waals surface area (Å²) in [5.74, 6) is 1.75. The summed E-state index contributed by atoms with van der Waals surface area (Å²) in [5, 5.41) is 11.4. The number of aromatic nitrogens is 1. The Morgan fingerprint density at radius 2 is 2.00 bits per heavy atom. The van der Waals surface area contributed by atoms with E-state index in [2.05, 4.69) is 35.0 Å². The van der Waals surface area contributed by atoms with E-state index in [1.54, 1.807) is 7.11 Å². The van der Waals surface area contributed by atoms with Gasteiger partial charge in [0.1, 0.15) is 11.4 Å². The summed E-state index contributed by atoms with van der Waals surface area (Å²) < 4.78 is 5.54. The smallest absolute Gasteiger partial charge is 0.123 e. The minimum absolute atomic E-state index is 0.258. The van der Waals surface area contributed by atoms with Crippen LogP contribution in [0.3, 0.4) is 0 Å². The Morgan fingerprint density at radius 3 is 2.73 bits per heavy atom. The maximum Gasteiger partial charge on any atom is 0.123 e. The van der Waals surface area contributed by atoms with Crippen molar-refractivity contribution in [2.45, 2.75) is 38.8 Å². The van der Waals surface area contributed by atoms with Crippen LogP contribution in [-0.2, 0) is 12.1 Å². The first-order valence-electron chi connectivity index (χ1n) is 9.51. The molecule has 2 aliphatic rings. The van der Waals surface area contributed by atoms with Gasteiger partial charge in [-0.3, -0.25) is 9.88 Å². The van der Waals surface area contributed by atoms with Crippen molar-refractivity contribution in [3.05, 3.63) is 58.9 Å². The van der Waals surface area contributed by atoms with E-state index >= 15 is 0 Å². The van der Waals surface area contributed by atoms with Crippen LogP contribution in [0.4, 0.5) is 0 Å². The quantitative estimate of drug-likeness (QED) is 0.916. The molecule has 1 aromatic carbocycles. The van der Waals surface area contributed by atoms with Gasteiger partial charge in [0.15, 0.2) is 0 Å². The van der Waals surface area contributed by atoms with Crippen LogP contribution < -0.4 is 4.74 Å². The molecule has 3 atom stereocenters. The van der Waals surface area contributed by atoms with E-state index in [1.807, 2.05) is 25.3 Å². The van der Waals surface area contributed by atoms with E-state index in [1.165, 1.54) is 11.1 Å². The number of aryl methyl sites for hydroxylation is 2. The number of methoxy groups -OCH3 is 1. The predicted molar refractivity (Wildman–Crippen MR) is 102 cm³/mol. The van der Waals surface area contributed by atoms with E-state index in [0.717, 1.165) is 49.5 Å². The molecule has 4 rings (SSSR count). The fourth-order valence-corrected chi connectivity index (χ4v) is 4.83. The number of benzene rings is 1. The zero-order valence-corrected chi connectivity index (χ0v) is 15.9. The Morgan fingerprint density at radius 1 is 1.19 bits per heavy atom. The summed E-state index contributed by atoms with van der Waals surface area (Å²) in [5.41, 5.74) is 3.66. The monoisotopic (exact) mass is 352 g/mol. The molecule has 4 heteroatoms. The zero-order valence-electron chi connectivity index (χ0n) is 15.9. The molecular weight excluding hydrogens is 324 g/mol. The van der Waals surface area contributed by atoms with Crippen molar-refractivity contribution >= 4 is 0 Å². The van der Waals surface area contributed by atoms with Crippen LogP contribution in [0.15, 0.2) is 36.5 Å². The van der Waals surface area contributed by atoms with Crippen LogP contribution in [-0.4, -0.2) is 35.2 Å². The van der Waals surface area contributed by atoms with Crippen LogP contribution in [0, 0.1) is 25.7 Å². The fraction of sp³-hybridized carbons (Fsp3) is 0.500. The number of likely N-dealkylation sites (tertiary alicyclic amines) is 1. The van der Waals surface area contributed by atoms with Crippen LogP contribution in [0.5, 0.6) is 5.75 Å². The summed E-state index contributed by atoms with van der Waals surface area (Å²) in [4.78, 5) is 7.02. The molecule has 2 heterocycles. The van der Waals surface area contributed by atoms with Crippen LogP contribution >= 0.6 is 0 Å². The zero-order chi connectivity index (χ0) is 18.3. The Balaban J connectivity index is 1.53.